The molecule has 0 bridgehead atoms. The predicted molar refractivity (Wildman–Crippen MR) is 130 cm³/mol. The Hall–Kier alpha value is -0.680. The molecule has 3 rings (SSSR count). The Balaban J connectivity index is 1.35. The largest absolute Gasteiger partial charge is 0.392 e. The van der Waals surface area contributed by atoms with E-state index < -0.39 is 0 Å². The molecule has 1 heterocycles. The van der Waals surface area contributed by atoms with Gasteiger partial charge >= 0.3 is 0 Å². The van der Waals surface area contributed by atoms with Crippen molar-refractivity contribution in [3.05, 3.63) is 23.8 Å². The van der Waals surface area contributed by atoms with Crippen LogP contribution in [0.4, 0.5) is 0 Å². The maximum Gasteiger partial charge on any atom is 0.0723 e. The summed E-state index contributed by atoms with van der Waals surface area (Å²) in [6.07, 6.45) is 17.7. The van der Waals surface area contributed by atoms with Crippen LogP contribution in [0.25, 0.3) is 0 Å². The van der Waals surface area contributed by atoms with E-state index in [1.807, 2.05) is 6.08 Å². The number of unbranched alkanes of at least 4 members (excludes halogenated alkanes) is 1. The van der Waals surface area contributed by atoms with Gasteiger partial charge in [-0.05, 0) is 82.5 Å². The lowest BCUT2D eigenvalue weighted by Gasteiger charge is -2.26. The molecule has 31 heavy (non-hydrogen) atoms. The Bertz CT molecular complexity index is 570. The van der Waals surface area contributed by atoms with Gasteiger partial charge in [-0.3, -0.25) is 0 Å². The summed E-state index contributed by atoms with van der Waals surface area (Å²) in [6.45, 7) is 10.4. The normalized spacial score (nSPS) is 31.2. The summed E-state index contributed by atoms with van der Waals surface area (Å²) >= 11 is 0. The van der Waals surface area contributed by atoms with Gasteiger partial charge < -0.3 is 20.4 Å². The van der Waals surface area contributed by atoms with Gasteiger partial charge in [-0.1, -0.05) is 63.3 Å². The van der Waals surface area contributed by atoms with Crippen molar-refractivity contribution in [2.24, 2.45) is 23.7 Å². The molecule has 1 saturated carbocycles. The van der Waals surface area contributed by atoms with Gasteiger partial charge in [0.1, 0.15) is 0 Å². The number of likely N-dealkylation sites (tertiary alicyclic amines) is 1. The molecule has 178 valence electrons. The van der Waals surface area contributed by atoms with Gasteiger partial charge in [0.05, 0.1) is 12.2 Å². The fourth-order valence-corrected chi connectivity index (χ4v) is 6.01. The highest BCUT2D eigenvalue weighted by atomic mass is 16.3. The second-order valence-electron chi connectivity index (χ2n) is 10.6. The molecular weight excluding hydrogens is 384 g/mol. The standard InChI is InChI=1S/C27H48N2O2/c1-3-4-9-21(2)16-24(30)10-11-25-26-18-22(17-23(26)19-27(25)31)20-28-12-8-15-29-13-6-5-7-14-29/h10-11,17,21,23-28,30-31H,3-9,12-16,18-20H2,1-2H3/b11-10+/t21-,23-,24+,25+,26-,27+/m0/s1. The molecule has 1 saturated heterocycles. The third-order valence-corrected chi connectivity index (χ3v) is 7.83. The first-order valence-electron chi connectivity index (χ1n) is 13.2. The quantitative estimate of drug-likeness (QED) is 0.296. The molecule has 2 fully saturated rings. The number of hydrogen-bond donors (Lipinski definition) is 3. The second kappa shape index (κ2) is 13.1. The lowest BCUT2D eigenvalue weighted by atomic mass is 9.88. The van der Waals surface area contributed by atoms with Gasteiger partial charge in [-0.2, -0.15) is 0 Å². The molecule has 2 aliphatic carbocycles. The van der Waals surface area contributed by atoms with Crippen LogP contribution >= 0.6 is 0 Å². The molecule has 4 heteroatoms. The van der Waals surface area contributed by atoms with Crippen molar-refractivity contribution < 1.29 is 10.2 Å². The first-order valence-corrected chi connectivity index (χ1v) is 13.2. The van der Waals surface area contributed by atoms with Crippen molar-refractivity contribution in [3.63, 3.8) is 0 Å². The molecule has 6 atom stereocenters. The van der Waals surface area contributed by atoms with E-state index in [1.54, 1.807) is 0 Å². The zero-order valence-electron chi connectivity index (χ0n) is 20.1. The third-order valence-electron chi connectivity index (χ3n) is 7.83. The van der Waals surface area contributed by atoms with Crippen LogP contribution in [0, 0.1) is 23.7 Å². The molecule has 0 spiro atoms. The Morgan fingerprint density at radius 2 is 2.03 bits per heavy atom. The fraction of sp³-hybridized carbons (Fsp3) is 0.852. The minimum absolute atomic E-state index is 0.193. The van der Waals surface area contributed by atoms with Crippen LogP contribution in [0.1, 0.15) is 78.1 Å². The maximum absolute atomic E-state index is 10.6. The molecule has 0 radical (unpaired) electrons. The van der Waals surface area contributed by atoms with Gasteiger partial charge in [0.25, 0.3) is 0 Å². The number of fused-ring (bicyclic) bond motifs is 1. The number of aliphatic hydroxyl groups excluding tert-OH is 2. The van der Waals surface area contributed by atoms with Crippen LogP contribution in [-0.4, -0.2) is 60.0 Å². The summed E-state index contributed by atoms with van der Waals surface area (Å²) in [7, 11) is 0. The topological polar surface area (TPSA) is 55.7 Å². The van der Waals surface area contributed by atoms with E-state index >= 15 is 0 Å². The second-order valence-corrected chi connectivity index (χ2v) is 10.6. The summed E-state index contributed by atoms with van der Waals surface area (Å²) in [6, 6.07) is 0. The SMILES string of the molecule is CCCC[C@H](C)C[C@H](O)/C=C/[C@@H]1[C@H]2CC(CNCCCN3CCCCC3)=C[C@H]2C[C@H]1O. The summed E-state index contributed by atoms with van der Waals surface area (Å²) in [4.78, 5) is 2.61. The third kappa shape index (κ3) is 7.99. The molecule has 0 amide bonds. The Morgan fingerprint density at radius 1 is 1.23 bits per heavy atom. The lowest BCUT2D eigenvalue weighted by Crippen LogP contribution is -2.32. The van der Waals surface area contributed by atoms with E-state index in [0.717, 1.165) is 32.4 Å². The summed E-state index contributed by atoms with van der Waals surface area (Å²) in [5, 5.41) is 24.7. The van der Waals surface area contributed by atoms with Crippen LogP contribution in [0.5, 0.6) is 0 Å². The van der Waals surface area contributed by atoms with Crippen molar-refractivity contribution >= 4 is 0 Å². The molecular formula is C27H48N2O2. The highest BCUT2D eigenvalue weighted by Gasteiger charge is 2.43. The van der Waals surface area contributed by atoms with Crippen LogP contribution in [-0.2, 0) is 0 Å². The maximum atomic E-state index is 10.6. The van der Waals surface area contributed by atoms with Crippen molar-refractivity contribution in [2.45, 2.75) is 90.3 Å². The molecule has 3 aliphatic rings. The van der Waals surface area contributed by atoms with Gasteiger partial charge in [0, 0.05) is 12.5 Å². The highest BCUT2D eigenvalue weighted by molar-refractivity contribution is 5.22. The summed E-state index contributed by atoms with van der Waals surface area (Å²) in [5.41, 5.74) is 1.52. The Morgan fingerprint density at radius 3 is 2.81 bits per heavy atom. The monoisotopic (exact) mass is 432 g/mol. The number of rotatable bonds is 13. The zero-order chi connectivity index (χ0) is 22.1. The first kappa shape index (κ1) is 25.0. The average molecular weight is 433 g/mol. The molecule has 1 aliphatic heterocycles. The fourth-order valence-electron chi connectivity index (χ4n) is 6.01. The predicted octanol–water partition coefficient (Wildman–Crippen LogP) is 4.53. The van der Waals surface area contributed by atoms with Gasteiger partial charge in [-0.15, -0.1) is 0 Å². The summed E-state index contributed by atoms with van der Waals surface area (Å²) in [5.74, 6) is 1.77. The number of aliphatic hydroxyl groups is 2. The number of hydrogen-bond acceptors (Lipinski definition) is 4. The Kier molecular flexibility index (Phi) is 10.6. The minimum atomic E-state index is -0.381. The molecule has 3 N–H and O–H groups in total. The molecule has 0 aromatic carbocycles. The van der Waals surface area contributed by atoms with Gasteiger partial charge in [0.2, 0.25) is 0 Å². The van der Waals surface area contributed by atoms with Gasteiger partial charge in [0.15, 0.2) is 0 Å². The van der Waals surface area contributed by atoms with Crippen molar-refractivity contribution in [1.29, 1.82) is 0 Å². The zero-order valence-corrected chi connectivity index (χ0v) is 20.1. The first-order chi connectivity index (χ1) is 15.1. The average Bonchev–Trinajstić information content (AvgIpc) is 3.27. The van der Waals surface area contributed by atoms with E-state index in [2.05, 4.69) is 36.2 Å². The lowest BCUT2D eigenvalue weighted by molar-refractivity contribution is 0.139. The van der Waals surface area contributed by atoms with Crippen LogP contribution in [0.2, 0.25) is 0 Å². The van der Waals surface area contributed by atoms with E-state index in [1.165, 1.54) is 70.2 Å². The summed E-state index contributed by atoms with van der Waals surface area (Å²) < 4.78 is 0. The van der Waals surface area contributed by atoms with E-state index in [9.17, 15) is 10.2 Å². The molecule has 4 nitrogen and oxygen atoms in total. The Labute approximate surface area is 191 Å². The van der Waals surface area contributed by atoms with Gasteiger partial charge in [-0.25, -0.2) is 0 Å². The number of nitrogens with zero attached hydrogens (tertiary/aromatic N) is 1. The molecule has 0 aromatic rings. The van der Waals surface area contributed by atoms with Crippen molar-refractivity contribution in [1.82, 2.24) is 10.2 Å². The van der Waals surface area contributed by atoms with Crippen molar-refractivity contribution in [2.75, 3.05) is 32.7 Å². The number of allylic oxidation sites excluding steroid dienone is 1. The number of nitrogens with one attached hydrogen (secondary N) is 1. The van der Waals surface area contributed by atoms with Crippen molar-refractivity contribution in [3.8, 4) is 0 Å². The van der Waals surface area contributed by atoms with Crippen LogP contribution in [0.15, 0.2) is 23.8 Å². The van der Waals surface area contributed by atoms with Crippen LogP contribution in [0.3, 0.4) is 0 Å². The smallest absolute Gasteiger partial charge is 0.0723 e. The molecule has 0 aromatic heterocycles. The van der Waals surface area contributed by atoms with E-state index in [0.29, 0.717) is 17.8 Å². The van der Waals surface area contributed by atoms with Crippen LogP contribution < -0.4 is 5.32 Å². The van der Waals surface area contributed by atoms with E-state index in [-0.39, 0.29) is 18.1 Å². The minimum Gasteiger partial charge on any atom is -0.392 e. The highest BCUT2D eigenvalue weighted by Crippen LogP contribution is 2.47. The number of piperidine rings is 1. The van der Waals surface area contributed by atoms with E-state index in [4.69, 9.17) is 0 Å². The molecule has 0 unspecified atom stereocenters.